The Morgan fingerprint density at radius 1 is 1.03 bits per heavy atom. The molecule has 1 amide bonds. The molecule has 2 atom stereocenters. The fourth-order valence-electron chi connectivity index (χ4n) is 5.29. The molecule has 0 aromatic heterocycles. The molecule has 1 saturated heterocycles. The topological polar surface area (TPSA) is 50.8 Å². The summed E-state index contributed by atoms with van der Waals surface area (Å²) in [5, 5.41) is 4.23. The van der Waals surface area contributed by atoms with Gasteiger partial charge in [0.05, 0.1) is 6.42 Å². The summed E-state index contributed by atoms with van der Waals surface area (Å²) in [5.41, 5.74) is 4.65. The zero-order valence-corrected chi connectivity index (χ0v) is 21.7. The van der Waals surface area contributed by atoms with Crippen molar-refractivity contribution in [1.29, 1.82) is 0 Å². The number of halogens is 1. The molecule has 1 unspecified atom stereocenters. The zero-order chi connectivity index (χ0) is 24.9. The van der Waals surface area contributed by atoms with Gasteiger partial charge in [0, 0.05) is 17.6 Å². The lowest BCUT2D eigenvalue weighted by Gasteiger charge is -2.25. The highest BCUT2D eigenvalue weighted by Gasteiger charge is 2.21. The molecule has 36 heavy (non-hydrogen) atoms. The van der Waals surface area contributed by atoms with Gasteiger partial charge in [-0.15, -0.1) is 0 Å². The van der Waals surface area contributed by atoms with Crippen molar-refractivity contribution < 1.29 is 14.3 Å². The molecule has 0 spiro atoms. The van der Waals surface area contributed by atoms with Crippen LogP contribution in [0.3, 0.4) is 0 Å². The third-order valence-electron chi connectivity index (χ3n) is 7.26. The molecule has 1 N–H and O–H groups in total. The lowest BCUT2D eigenvalue weighted by molar-refractivity contribution is -0.121. The Balaban J connectivity index is 1.22. The molecule has 2 aromatic carbocycles. The number of ether oxygens (including phenoxy) is 2. The van der Waals surface area contributed by atoms with E-state index in [0.29, 0.717) is 25.6 Å². The predicted octanol–water partition coefficient (Wildman–Crippen LogP) is 5.37. The quantitative estimate of drug-likeness (QED) is 0.523. The second-order valence-electron chi connectivity index (χ2n) is 10.2. The number of rotatable bonds is 8. The van der Waals surface area contributed by atoms with Gasteiger partial charge in [0.15, 0.2) is 11.5 Å². The molecule has 1 fully saturated rings. The zero-order valence-electron chi connectivity index (χ0n) is 21.0. The Kier molecular flexibility index (Phi) is 7.98. The molecule has 5 rings (SSSR count). The van der Waals surface area contributed by atoms with Gasteiger partial charge in [0.25, 0.3) is 0 Å². The minimum absolute atomic E-state index is 0.0443. The Morgan fingerprint density at radius 3 is 2.50 bits per heavy atom. The van der Waals surface area contributed by atoms with Crippen LogP contribution in [0, 0.1) is 5.92 Å². The maximum absolute atomic E-state index is 13.1. The van der Waals surface area contributed by atoms with E-state index in [9.17, 15) is 4.79 Å². The molecule has 1 aliphatic carbocycles. The lowest BCUT2D eigenvalue weighted by Crippen LogP contribution is -2.45. The smallest absolute Gasteiger partial charge is 0.224 e. The van der Waals surface area contributed by atoms with Crippen molar-refractivity contribution in [2.75, 3.05) is 32.8 Å². The summed E-state index contributed by atoms with van der Waals surface area (Å²) in [7, 11) is 0. The fraction of sp³-hybridized carbons (Fsp3) is 0.433. The molecule has 2 aliphatic heterocycles. The van der Waals surface area contributed by atoms with E-state index in [-0.39, 0.29) is 11.9 Å². The third-order valence-corrected chi connectivity index (χ3v) is 7.76. The van der Waals surface area contributed by atoms with Crippen LogP contribution in [0.25, 0.3) is 5.57 Å². The Morgan fingerprint density at radius 2 is 1.75 bits per heavy atom. The number of fused-ring (bicyclic) bond motifs is 1. The number of allylic oxidation sites excluding steroid dienone is 4. The van der Waals surface area contributed by atoms with Crippen LogP contribution in [0.4, 0.5) is 0 Å². The average molecular weight is 507 g/mol. The average Bonchev–Trinajstić information content (AvgIpc) is 3.39. The normalized spacial score (nSPS) is 20.4. The summed E-state index contributed by atoms with van der Waals surface area (Å²) < 4.78 is 11.4. The molecular weight excluding hydrogens is 472 g/mol. The van der Waals surface area contributed by atoms with E-state index in [1.165, 1.54) is 24.0 Å². The van der Waals surface area contributed by atoms with E-state index in [0.717, 1.165) is 60.1 Å². The highest BCUT2D eigenvalue weighted by Crippen LogP contribution is 2.33. The van der Waals surface area contributed by atoms with Crippen LogP contribution in [0.2, 0.25) is 0 Å². The SMILES string of the molecule is CC1CC(c2ccc(CC(=O)N[C@@H](Cc3ccc4c(c3)OCCO4)CN3CCCC3)cc2)=CC=C1Cl. The number of benzene rings is 2. The lowest BCUT2D eigenvalue weighted by atomic mass is 9.90. The van der Waals surface area contributed by atoms with Gasteiger partial charge in [-0.3, -0.25) is 4.79 Å². The Labute approximate surface area is 219 Å². The monoisotopic (exact) mass is 506 g/mol. The van der Waals surface area contributed by atoms with Crippen molar-refractivity contribution in [3.63, 3.8) is 0 Å². The van der Waals surface area contributed by atoms with Crippen LogP contribution < -0.4 is 14.8 Å². The minimum Gasteiger partial charge on any atom is -0.486 e. The van der Waals surface area contributed by atoms with Crippen molar-refractivity contribution in [1.82, 2.24) is 10.2 Å². The van der Waals surface area contributed by atoms with Crippen molar-refractivity contribution in [3.05, 3.63) is 76.3 Å². The Bertz CT molecular complexity index is 1140. The molecule has 2 heterocycles. The molecule has 2 aromatic rings. The van der Waals surface area contributed by atoms with Crippen LogP contribution in [0.5, 0.6) is 11.5 Å². The minimum atomic E-state index is 0.0443. The van der Waals surface area contributed by atoms with Gasteiger partial charge in [-0.1, -0.05) is 54.9 Å². The van der Waals surface area contributed by atoms with Gasteiger partial charge in [-0.05, 0) is 85.2 Å². The maximum Gasteiger partial charge on any atom is 0.224 e. The third kappa shape index (κ3) is 6.32. The van der Waals surface area contributed by atoms with E-state index >= 15 is 0 Å². The molecule has 5 nitrogen and oxygen atoms in total. The van der Waals surface area contributed by atoms with Gasteiger partial charge in [-0.2, -0.15) is 0 Å². The molecular formula is C30H35ClN2O3. The number of nitrogens with one attached hydrogen (secondary N) is 1. The first-order chi connectivity index (χ1) is 17.5. The van der Waals surface area contributed by atoms with Gasteiger partial charge >= 0.3 is 0 Å². The number of hydrogen-bond acceptors (Lipinski definition) is 4. The molecule has 190 valence electrons. The van der Waals surface area contributed by atoms with Crippen molar-refractivity contribution >= 4 is 23.1 Å². The summed E-state index contributed by atoms with van der Waals surface area (Å²) in [5.74, 6) is 2.00. The molecule has 0 saturated carbocycles. The first-order valence-electron chi connectivity index (χ1n) is 13.1. The van der Waals surface area contributed by atoms with Crippen LogP contribution in [-0.4, -0.2) is 49.7 Å². The number of amides is 1. The second kappa shape index (κ2) is 11.5. The predicted molar refractivity (Wildman–Crippen MR) is 145 cm³/mol. The number of carbonyl (C=O) groups is 1. The van der Waals surface area contributed by atoms with Gasteiger partial charge in [0.2, 0.25) is 5.91 Å². The number of likely N-dealkylation sites (tertiary alicyclic amines) is 1. The first-order valence-corrected chi connectivity index (χ1v) is 13.5. The molecule has 0 radical (unpaired) electrons. The number of hydrogen-bond donors (Lipinski definition) is 1. The number of carbonyl (C=O) groups excluding carboxylic acids is 1. The second-order valence-corrected chi connectivity index (χ2v) is 10.6. The standard InChI is InChI=1S/C30H35ClN2O3/c1-21-16-25(9-10-27(21)31)24-7-4-22(5-8-24)19-30(34)32-26(20-33-12-2-3-13-33)17-23-6-11-28-29(18-23)36-15-14-35-28/h4-11,18,21,26H,2-3,12-17,19-20H2,1H3,(H,32,34)/t21?,26-/m0/s1. The molecule has 3 aliphatic rings. The van der Waals surface area contributed by atoms with Gasteiger partial charge in [0.1, 0.15) is 13.2 Å². The van der Waals surface area contributed by atoms with E-state index in [4.69, 9.17) is 21.1 Å². The van der Waals surface area contributed by atoms with Gasteiger partial charge in [-0.25, -0.2) is 0 Å². The van der Waals surface area contributed by atoms with Crippen LogP contribution >= 0.6 is 11.6 Å². The van der Waals surface area contributed by atoms with E-state index in [1.807, 2.05) is 12.1 Å². The molecule has 6 heteroatoms. The maximum atomic E-state index is 13.1. The first kappa shape index (κ1) is 24.9. The largest absolute Gasteiger partial charge is 0.486 e. The van der Waals surface area contributed by atoms with E-state index in [1.54, 1.807) is 0 Å². The Hall–Kier alpha value is -2.76. The van der Waals surface area contributed by atoms with E-state index < -0.39 is 0 Å². The fourth-order valence-corrected chi connectivity index (χ4v) is 5.43. The summed E-state index contributed by atoms with van der Waals surface area (Å²) in [4.78, 5) is 15.5. The van der Waals surface area contributed by atoms with Crippen molar-refractivity contribution in [2.45, 2.75) is 45.1 Å². The summed E-state index contributed by atoms with van der Waals surface area (Å²) in [6, 6.07) is 14.5. The highest BCUT2D eigenvalue weighted by molar-refractivity contribution is 6.30. The highest BCUT2D eigenvalue weighted by atomic mass is 35.5. The van der Waals surface area contributed by atoms with Crippen molar-refractivity contribution in [3.8, 4) is 11.5 Å². The van der Waals surface area contributed by atoms with Gasteiger partial charge < -0.3 is 19.7 Å². The summed E-state index contributed by atoms with van der Waals surface area (Å²) in [6.07, 6.45) is 8.63. The summed E-state index contributed by atoms with van der Waals surface area (Å²) >= 11 is 6.24. The van der Waals surface area contributed by atoms with Crippen molar-refractivity contribution in [2.24, 2.45) is 5.92 Å². The van der Waals surface area contributed by atoms with Crippen LogP contribution in [-0.2, 0) is 17.6 Å². The van der Waals surface area contributed by atoms with E-state index in [2.05, 4.69) is 59.6 Å². The number of nitrogens with zero attached hydrogens (tertiary/aromatic N) is 1. The summed E-state index contributed by atoms with van der Waals surface area (Å²) in [6.45, 7) is 6.37. The molecule has 0 bridgehead atoms. The van der Waals surface area contributed by atoms with Crippen LogP contribution in [0.1, 0.15) is 42.9 Å². The van der Waals surface area contributed by atoms with Crippen LogP contribution in [0.15, 0.2) is 59.6 Å².